The summed E-state index contributed by atoms with van der Waals surface area (Å²) in [6.07, 6.45) is 3.47. The van der Waals surface area contributed by atoms with Crippen LogP contribution in [0, 0.1) is 0 Å². The quantitative estimate of drug-likeness (QED) is 0.466. The molecule has 0 aliphatic carbocycles. The molecule has 0 saturated heterocycles. The first-order chi connectivity index (χ1) is 7.22. The van der Waals surface area contributed by atoms with Crippen LogP contribution in [-0.4, -0.2) is 19.1 Å². The van der Waals surface area contributed by atoms with Crippen LogP contribution in [0.2, 0.25) is 0 Å². The van der Waals surface area contributed by atoms with Gasteiger partial charge in [-0.25, -0.2) is 4.99 Å². The fourth-order valence-corrected chi connectivity index (χ4v) is 1.69. The molecule has 0 atom stereocenters. The second-order valence-electron chi connectivity index (χ2n) is 2.86. The summed E-state index contributed by atoms with van der Waals surface area (Å²) < 4.78 is 0. The number of hydrogen-bond donors (Lipinski definition) is 2. The largest absolute Gasteiger partial charge is 0.388 e. The molecule has 0 fully saturated rings. The average Bonchev–Trinajstić information content (AvgIpc) is 2.28. The van der Waals surface area contributed by atoms with E-state index in [2.05, 4.69) is 16.9 Å². The summed E-state index contributed by atoms with van der Waals surface area (Å²) >= 11 is 1.67. The minimum Gasteiger partial charge on any atom is -0.388 e. The van der Waals surface area contributed by atoms with Gasteiger partial charge in [0.1, 0.15) is 5.84 Å². The van der Waals surface area contributed by atoms with E-state index in [-0.39, 0.29) is 0 Å². The lowest BCUT2D eigenvalue weighted by Crippen LogP contribution is -2.15. The zero-order chi connectivity index (χ0) is 11.3. The summed E-state index contributed by atoms with van der Waals surface area (Å²) in [7, 11) is 1.86. The van der Waals surface area contributed by atoms with Crippen LogP contribution in [0.25, 0.3) is 0 Å². The van der Waals surface area contributed by atoms with Crippen molar-refractivity contribution in [3.8, 4) is 0 Å². The lowest BCUT2D eigenvalue weighted by molar-refractivity contribution is 1.38. The van der Waals surface area contributed by atoms with Gasteiger partial charge in [0.2, 0.25) is 0 Å². The number of amidine groups is 1. The van der Waals surface area contributed by atoms with Gasteiger partial charge in [0, 0.05) is 29.4 Å². The van der Waals surface area contributed by atoms with Crippen LogP contribution < -0.4 is 11.1 Å². The second-order valence-corrected chi connectivity index (χ2v) is 3.74. The number of benzene rings is 1. The number of anilines is 1. The Bertz CT molecular complexity index is 385. The molecule has 0 unspecified atom stereocenters. The highest BCUT2D eigenvalue weighted by molar-refractivity contribution is 7.98. The first-order valence-corrected chi connectivity index (χ1v) is 5.75. The highest BCUT2D eigenvalue weighted by atomic mass is 32.2. The first kappa shape index (κ1) is 11.7. The van der Waals surface area contributed by atoms with Gasteiger partial charge >= 0.3 is 0 Å². The van der Waals surface area contributed by atoms with Crippen molar-refractivity contribution in [1.29, 1.82) is 0 Å². The van der Waals surface area contributed by atoms with Crippen molar-refractivity contribution >= 4 is 23.3 Å². The van der Waals surface area contributed by atoms with Gasteiger partial charge in [0.05, 0.1) is 0 Å². The van der Waals surface area contributed by atoms with Gasteiger partial charge in [-0.15, -0.1) is 11.8 Å². The Kier molecular flexibility index (Phi) is 4.24. The van der Waals surface area contributed by atoms with E-state index in [1.165, 1.54) is 6.20 Å². The Morgan fingerprint density at radius 3 is 2.87 bits per heavy atom. The number of thioether (sulfide) groups is 1. The maximum atomic E-state index is 5.83. The molecule has 0 radical (unpaired) electrons. The summed E-state index contributed by atoms with van der Waals surface area (Å²) in [5, 5.41) is 3.08. The molecule has 80 valence electrons. The third kappa shape index (κ3) is 2.76. The van der Waals surface area contributed by atoms with Crippen LogP contribution in [0.4, 0.5) is 5.69 Å². The molecule has 0 heterocycles. The normalized spacial score (nSPS) is 11.2. The fourth-order valence-electron chi connectivity index (χ4n) is 1.25. The number of nitrogens with two attached hydrogens (primary N) is 1. The molecule has 15 heavy (non-hydrogen) atoms. The zero-order valence-electron chi connectivity index (χ0n) is 8.95. The Hall–Kier alpha value is -1.42. The van der Waals surface area contributed by atoms with Crippen LogP contribution >= 0.6 is 11.8 Å². The minimum atomic E-state index is 0.477. The third-order valence-corrected chi connectivity index (χ3v) is 2.73. The van der Waals surface area contributed by atoms with Crippen LogP contribution in [0.15, 0.2) is 40.9 Å². The maximum Gasteiger partial charge on any atom is 0.132 e. The summed E-state index contributed by atoms with van der Waals surface area (Å²) in [6.45, 7) is 3.53. The van der Waals surface area contributed by atoms with Crippen molar-refractivity contribution in [1.82, 2.24) is 0 Å². The molecule has 3 nitrogen and oxygen atoms in total. The zero-order valence-corrected chi connectivity index (χ0v) is 9.77. The predicted molar refractivity (Wildman–Crippen MR) is 68.7 cm³/mol. The van der Waals surface area contributed by atoms with Crippen molar-refractivity contribution in [2.24, 2.45) is 10.7 Å². The molecule has 1 aromatic rings. The van der Waals surface area contributed by atoms with E-state index in [0.717, 1.165) is 16.1 Å². The topological polar surface area (TPSA) is 50.4 Å². The molecule has 0 aliphatic rings. The van der Waals surface area contributed by atoms with Gasteiger partial charge in [0.25, 0.3) is 0 Å². The standard InChI is InChI=1S/C11H15N3S/c1-4-14-11(12)9-7-8(15-3)5-6-10(9)13-2/h4-7,13H,1H2,2-3H3,(H2,12,14). The third-order valence-electron chi connectivity index (χ3n) is 2.00. The number of rotatable bonds is 4. The Labute approximate surface area is 94.5 Å². The summed E-state index contributed by atoms with van der Waals surface area (Å²) in [5.74, 6) is 0.477. The van der Waals surface area contributed by atoms with Gasteiger partial charge in [0.15, 0.2) is 0 Å². The average molecular weight is 221 g/mol. The number of hydrogen-bond acceptors (Lipinski definition) is 3. The van der Waals surface area contributed by atoms with Crippen LogP contribution in [0.3, 0.4) is 0 Å². The van der Waals surface area contributed by atoms with Gasteiger partial charge in [-0.1, -0.05) is 6.58 Å². The van der Waals surface area contributed by atoms with Crippen molar-refractivity contribution in [2.45, 2.75) is 4.90 Å². The first-order valence-electron chi connectivity index (χ1n) is 4.53. The molecule has 1 aromatic carbocycles. The highest BCUT2D eigenvalue weighted by Crippen LogP contribution is 2.22. The van der Waals surface area contributed by atoms with Crippen molar-refractivity contribution in [3.05, 3.63) is 36.5 Å². The molecule has 0 aliphatic heterocycles. The fraction of sp³-hybridized carbons (Fsp3) is 0.182. The Balaban J connectivity index is 3.22. The molecule has 0 spiro atoms. The molecular formula is C11H15N3S. The molecule has 0 aromatic heterocycles. The SMILES string of the molecule is C=CN=C(N)c1cc(SC)ccc1NC. The van der Waals surface area contributed by atoms with E-state index < -0.39 is 0 Å². The van der Waals surface area contributed by atoms with Crippen LogP contribution in [0.1, 0.15) is 5.56 Å². The van der Waals surface area contributed by atoms with E-state index in [4.69, 9.17) is 5.73 Å². The molecule has 0 amide bonds. The number of aliphatic imine (C=N–C) groups is 1. The van der Waals surface area contributed by atoms with Crippen molar-refractivity contribution < 1.29 is 0 Å². The second kappa shape index (κ2) is 5.46. The monoisotopic (exact) mass is 221 g/mol. The lowest BCUT2D eigenvalue weighted by atomic mass is 10.1. The molecule has 3 N–H and O–H groups in total. The summed E-state index contributed by atoms with van der Waals surface area (Å²) in [4.78, 5) is 5.15. The molecule has 0 bridgehead atoms. The van der Waals surface area contributed by atoms with Gasteiger partial charge < -0.3 is 11.1 Å². The maximum absolute atomic E-state index is 5.83. The molecular weight excluding hydrogens is 206 g/mol. The van der Waals surface area contributed by atoms with Crippen LogP contribution in [0.5, 0.6) is 0 Å². The van der Waals surface area contributed by atoms with Crippen molar-refractivity contribution in [2.75, 3.05) is 18.6 Å². The smallest absolute Gasteiger partial charge is 0.132 e. The predicted octanol–water partition coefficient (Wildman–Crippen LogP) is 2.30. The minimum absolute atomic E-state index is 0.477. The molecule has 1 rings (SSSR count). The van der Waals surface area contributed by atoms with E-state index in [1.54, 1.807) is 11.8 Å². The van der Waals surface area contributed by atoms with Gasteiger partial charge in [-0.2, -0.15) is 0 Å². The van der Waals surface area contributed by atoms with E-state index in [0.29, 0.717) is 5.84 Å². The lowest BCUT2D eigenvalue weighted by Gasteiger charge is -2.09. The summed E-state index contributed by atoms with van der Waals surface area (Å²) in [6, 6.07) is 6.05. The van der Waals surface area contributed by atoms with Gasteiger partial charge in [-0.05, 0) is 24.5 Å². The molecule has 4 heteroatoms. The Morgan fingerprint density at radius 1 is 1.60 bits per heavy atom. The highest BCUT2D eigenvalue weighted by Gasteiger charge is 2.05. The Morgan fingerprint density at radius 2 is 2.33 bits per heavy atom. The summed E-state index contributed by atoms with van der Waals surface area (Å²) in [5.41, 5.74) is 7.71. The van der Waals surface area contributed by atoms with Crippen molar-refractivity contribution in [3.63, 3.8) is 0 Å². The van der Waals surface area contributed by atoms with E-state index in [9.17, 15) is 0 Å². The van der Waals surface area contributed by atoms with Gasteiger partial charge in [-0.3, -0.25) is 0 Å². The van der Waals surface area contributed by atoms with Crippen LogP contribution in [-0.2, 0) is 0 Å². The van der Waals surface area contributed by atoms with E-state index in [1.807, 2.05) is 31.5 Å². The number of nitrogens with one attached hydrogen (secondary N) is 1. The molecule has 0 saturated carbocycles. The number of nitrogens with zero attached hydrogens (tertiary/aromatic N) is 1. The van der Waals surface area contributed by atoms with E-state index >= 15 is 0 Å².